The van der Waals surface area contributed by atoms with Crippen molar-refractivity contribution in [3.05, 3.63) is 24.3 Å². The highest BCUT2D eigenvalue weighted by Gasteiger charge is 2.69. The lowest BCUT2D eigenvalue weighted by Crippen LogP contribution is -2.24. The summed E-state index contributed by atoms with van der Waals surface area (Å²) >= 11 is 11.9. The van der Waals surface area contributed by atoms with Gasteiger partial charge in [0.2, 0.25) is 0 Å². The van der Waals surface area contributed by atoms with Crippen molar-refractivity contribution in [3.63, 3.8) is 0 Å². The number of rotatable bonds is 4. The fourth-order valence-corrected chi connectivity index (χ4v) is 2.33. The normalized spacial score (nSPS) is 24.4. The summed E-state index contributed by atoms with van der Waals surface area (Å²) in [6, 6.07) is 7.01. The molecule has 0 aliphatic heterocycles. The molecule has 1 aliphatic carbocycles. The first kappa shape index (κ1) is 13.5. The number of carbonyl (C=O) groups is 1. The Bertz CT molecular complexity index is 473. The minimum absolute atomic E-state index is 0.390. The maximum absolute atomic E-state index is 12.0. The number of hydrogen-bond donors (Lipinski definition) is 0. The number of hydrogen-bond acceptors (Lipinski definition) is 3. The van der Waals surface area contributed by atoms with Gasteiger partial charge in [-0.2, -0.15) is 0 Å². The van der Waals surface area contributed by atoms with E-state index in [1.54, 1.807) is 25.1 Å². The Morgan fingerprint density at radius 2 is 1.89 bits per heavy atom. The molecule has 18 heavy (non-hydrogen) atoms. The zero-order chi connectivity index (χ0) is 13.4. The summed E-state index contributed by atoms with van der Waals surface area (Å²) in [4.78, 5) is 12.0. The van der Waals surface area contributed by atoms with E-state index in [1.165, 1.54) is 0 Å². The van der Waals surface area contributed by atoms with Gasteiger partial charge in [-0.15, -0.1) is 23.2 Å². The smallest absolute Gasteiger partial charge is 0.320 e. The largest absolute Gasteiger partial charge is 0.490 e. The van der Waals surface area contributed by atoms with Gasteiger partial charge in [0.25, 0.3) is 0 Å². The minimum atomic E-state index is -1.02. The van der Waals surface area contributed by atoms with E-state index in [1.807, 2.05) is 13.0 Å². The van der Waals surface area contributed by atoms with Crippen molar-refractivity contribution >= 4 is 29.2 Å². The molecule has 0 spiro atoms. The van der Waals surface area contributed by atoms with Crippen LogP contribution in [0.25, 0.3) is 0 Å². The molecule has 0 saturated heterocycles. The van der Waals surface area contributed by atoms with Crippen LogP contribution >= 0.6 is 23.2 Å². The van der Waals surface area contributed by atoms with E-state index in [9.17, 15) is 4.79 Å². The Kier molecular flexibility index (Phi) is 3.47. The summed E-state index contributed by atoms with van der Waals surface area (Å²) in [5.41, 5.74) is -0.838. The molecular formula is C13H14Cl2O3. The van der Waals surface area contributed by atoms with Crippen LogP contribution in [0, 0.1) is 5.41 Å². The van der Waals surface area contributed by atoms with Gasteiger partial charge in [0.05, 0.1) is 6.61 Å². The Balaban J connectivity index is 2.13. The second-order valence-corrected chi connectivity index (χ2v) is 5.97. The van der Waals surface area contributed by atoms with Crippen LogP contribution in [-0.2, 0) is 4.79 Å². The Labute approximate surface area is 116 Å². The van der Waals surface area contributed by atoms with E-state index in [2.05, 4.69) is 0 Å². The molecule has 1 aliphatic rings. The van der Waals surface area contributed by atoms with Crippen LogP contribution in [0.2, 0.25) is 0 Å². The lowest BCUT2D eigenvalue weighted by atomic mass is 10.1. The summed E-state index contributed by atoms with van der Waals surface area (Å²) in [5, 5.41) is 0. The zero-order valence-corrected chi connectivity index (χ0v) is 11.7. The highest BCUT2D eigenvalue weighted by atomic mass is 35.5. The van der Waals surface area contributed by atoms with Crippen molar-refractivity contribution in [3.8, 4) is 11.5 Å². The van der Waals surface area contributed by atoms with Gasteiger partial charge in [0.1, 0.15) is 9.75 Å². The highest BCUT2D eigenvalue weighted by Crippen LogP contribution is 2.64. The Morgan fingerprint density at radius 3 is 2.39 bits per heavy atom. The van der Waals surface area contributed by atoms with Crippen molar-refractivity contribution in [1.29, 1.82) is 0 Å². The average Bonchev–Trinajstić information content (AvgIpc) is 2.83. The third kappa shape index (κ3) is 2.29. The van der Waals surface area contributed by atoms with Crippen LogP contribution in [0.5, 0.6) is 11.5 Å². The van der Waals surface area contributed by atoms with Crippen LogP contribution in [0.1, 0.15) is 20.3 Å². The van der Waals surface area contributed by atoms with Crippen LogP contribution in [0.4, 0.5) is 0 Å². The molecule has 0 N–H and O–H groups in total. The minimum Gasteiger partial charge on any atom is -0.490 e. The van der Waals surface area contributed by atoms with Crippen LogP contribution < -0.4 is 9.47 Å². The molecule has 3 nitrogen and oxygen atoms in total. The summed E-state index contributed by atoms with van der Waals surface area (Å²) in [7, 11) is 0. The topological polar surface area (TPSA) is 35.5 Å². The fourth-order valence-electron chi connectivity index (χ4n) is 1.64. The second-order valence-electron chi connectivity index (χ2n) is 4.48. The van der Waals surface area contributed by atoms with Gasteiger partial charge in [0.15, 0.2) is 11.5 Å². The molecule has 0 bridgehead atoms. The number of halogens is 2. The predicted octanol–water partition coefficient (Wildman–Crippen LogP) is 3.57. The monoisotopic (exact) mass is 288 g/mol. The average molecular weight is 289 g/mol. The maximum Gasteiger partial charge on any atom is 0.320 e. The summed E-state index contributed by atoms with van der Waals surface area (Å²) in [6.45, 7) is 4.06. The van der Waals surface area contributed by atoms with E-state index in [-0.39, 0.29) is 0 Å². The molecule has 1 aromatic carbocycles. The third-order valence-corrected chi connectivity index (χ3v) is 4.16. The Hall–Kier alpha value is -0.930. The van der Waals surface area contributed by atoms with Crippen LogP contribution in [-0.4, -0.2) is 16.9 Å². The molecule has 98 valence electrons. The van der Waals surface area contributed by atoms with Gasteiger partial charge in [-0.05, 0) is 26.0 Å². The number of ether oxygens (including phenoxy) is 2. The molecule has 1 aromatic rings. The van der Waals surface area contributed by atoms with Gasteiger partial charge in [-0.3, -0.25) is 4.79 Å². The Morgan fingerprint density at radius 1 is 1.33 bits per heavy atom. The second kappa shape index (κ2) is 4.63. The maximum atomic E-state index is 12.0. The molecule has 0 aromatic heterocycles. The number of alkyl halides is 2. The lowest BCUT2D eigenvalue weighted by Gasteiger charge is -2.14. The van der Waals surface area contributed by atoms with Crippen molar-refractivity contribution < 1.29 is 14.3 Å². The molecule has 5 heteroatoms. The van der Waals surface area contributed by atoms with Gasteiger partial charge in [-0.25, -0.2) is 0 Å². The van der Waals surface area contributed by atoms with Gasteiger partial charge in [0, 0.05) is 6.42 Å². The van der Waals surface area contributed by atoms with E-state index in [4.69, 9.17) is 32.7 Å². The van der Waals surface area contributed by atoms with E-state index in [0.29, 0.717) is 24.5 Å². The molecule has 1 fully saturated rings. The molecule has 0 radical (unpaired) electrons. The van der Waals surface area contributed by atoms with Crippen molar-refractivity contribution in [2.24, 2.45) is 5.41 Å². The molecular weight excluding hydrogens is 275 g/mol. The van der Waals surface area contributed by atoms with Gasteiger partial charge in [-0.1, -0.05) is 12.1 Å². The standard InChI is InChI=1S/C13H14Cl2O3/c1-3-17-9-6-4-5-7-10(9)18-11(16)12(2)8-13(12,14)15/h4-7H,3,8H2,1-2H3. The van der Waals surface area contributed by atoms with E-state index >= 15 is 0 Å². The van der Waals surface area contributed by atoms with Crippen molar-refractivity contribution in [2.45, 2.75) is 24.6 Å². The number of para-hydroxylation sites is 2. The SMILES string of the molecule is CCOc1ccccc1OC(=O)C1(C)CC1(Cl)Cl. The lowest BCUT2D eigenvalue weighted by molar-refractivity contribution is -0.140. The van der Waals surface area contributed by atoms with Crippen LogP contribution in [0.3, 0.4) is 0 Å². The quantitative estimate of drug-likeness (QED) is 0.483. The summed E-state index contributed by atoms with van der Waals surface area (Å²) in [5.74, 6) is 0.494. The predicted molar refractivity (Wildman–Crippen MR) is 70.4 cm³/mol. The molecule has 1 atom stereocenters. The van der Waals surface area contributed by atoms with Crippen LogP contribution in [0.15, 0.2) is 24.3 Å². The van der Waals surface area contributed by atoms with E-state index < -0.39 is 15.7 Å². The van der Waals surface area contributed by atoms with Gasteiger partial charge >= 0.3 is 5.97 Å². The molecule has 0 amide bonds. The summed E-state index contributed by atoms with van der Waals surface area (Å²) in [6.07, 6.45) is 0.402. The number of benzene rings is 1. The highest BCUT2D eigenvalue weighted by molar-refractivity contribution is 6.53. The van der Waals surface area contributed by atoms with E-state index in [0.717, 1.165) is 0 Å². The van der Waals surface area contributed by atoms with Gasteiger partial charge < -0.3 is 9.47 Å². The summed E-state index contributed by atoms with van der Waals surface area (Å²) < 4.78 is 9.68. The van der Waals surface area contributed by atoms with Crippen molar-refractivity contribution in [2.75, 3.05) is 6.61 Å². The zero-order valence-electron chi connectivity index (χ0n) is 10.2. The van der Waals surface area contributed by atoms with Crippen molar-refractivity contribution in [1.82, 2.24) is 0 Å². The first-order valence-corrected chi connectivity index (χ1v) is 6.48. The fraction of sp³-hybridized carbons (Fsp3) is 0.462. The molecule has 1 saturated carbocycles. The number of esters is 1. The molecule has 1 unspecified atom stereocenters. The third-order valence-electron chi connectivity index (χ3n) is 3.06. The number of carbonyl (C=O) groups excluding carboxylic acids is 1. The first-order valence-electron chi connectivity index (χ1n) is 5.72. The first-order chi connectivity index (χ1) is 8.40. The molecule has 0 heterocycles. The molecule has 2 rings (SSSR count).